The Bertz CT molecular complexity index is 430. The number of hydrogen-bond acceptors (Lipinski definition) is 3. The van der Waals surface area contributed by atoms with Gasteiger partial charge in [-0.2, -0.15) is 5.10 Å². The van der Waals surface area contributed by atoms with Gasteiger partial charge in [-0.1, -0.05) is 0 Å². The Labute approximate surface area is 108 Å². The molecule has 1 aliphatic heterocycles. The van der Waals surface area contributed by atoms with Gasteiger partial charge < -0.3 is 10.6 Å². The summed E-state index contributed by atoms with van der Waals surface area (Å²) in [6.07, 6.45) is 3.67. The number of aryl methyl sites for hydroxylation is 1. The van der Waals surface area contributed by atoms with E-state index in [9.17, 15) is 4.79 Å². The smallest absolute Gasteiger partial charge is 0.257 e. The minimum Gasteiger partial charge on any atom is -0.339 e. The second-order valence-corrected chi connectivity index (χ2v) is 5.26. The van der Waals surface area contributed by atoms with Crippen LogP contribution in [0.1, 0.15) is 35.8 Å². The number of nitrogens with two attached hydrogens (primary N) is 1. The van der Waals surface area contributed by atoms with Gasteiger partial charge in [0, 0.05) is 31.9 Å². The molecule has 0 saturated carbocycles. The van der Waals surface area contributed by atoms with Gasteiger partial charge in [-0.3, -0.25) is 9.48 Å². The van der Waals surface area contributed by atoms with Crippen molar-refractivity contribution in [2.45, 2.75) is 32.7 Å². The van der Waals surface area contributed by atoms with E-state index in [2.05, 4.69) is 5.10 Å². The van der Waals surface area contributed by atoms with Gasteiger partial charge >= 0.3 is 0 Å². The Morgan fingerprint density at radius 3 is 2.56 bits per heavy atom. The van der Waals surface area contributed by atoms with Gasteiger partial charge in [-0.25, -0.2) is 0 Å². The maximum atomic E-state index is 12.4. The van der Waals surface area contributed by atoms with E-state index < -0.39 is 0 Å². The van der Waals surface area contributed by atoms with Crippen LogP contribution < -0.4 is 5.73 Å². The molecule has 1 aromatic heterocycles. The first-order valence-electron chi connectivity index (χ1n) is 6.54. The van der Waals surface area contributed by atoms with Crippen molar-refractivity contribution in [2.75, 3.05) is 13.1 Å². The molecule has 0 spiro atoms. The number of nitrogens with zero attached hydrogens (tertiary/aromatic N) is 3. The Balaban J connectivity index is 2.02. The molecule has 1 fully saturated rings. The normalized spacial score (nSPS) is 19.0. The topological polar surface area (TPSA) is 64.2 Å². The zero-order valence-corrected chi connectivity index (χ0v) is 11.4. The molecular formula is C13H22N4O. The maximum absolute atomic E-state index is 12.4. The summed E-state index contributed by atoms with van der Waals surface area (Å²) in [6, 6.07) is 0.224. The summed E-state index contributed by atoms with van der Waals surface area (Å²) in [5, 5.41) is 4.12. The third-order valence-electron chi connectivity index (χ3n) is 4.04. The first-order chi connectivity index (χ1) is 8.50. The van der Waals surface area contributed by atoms with Gasteiger partial charge in [0.2, 0.25) is 0 Å². The summed E-state index contributed by atoms with van der Waals surface area (Å²) < 4.78 is 1.74. The van der Waals surface area contributed by atoms with Crippen molar-refractivity contribution in [3.8, 4) is 0 Å². The van der Waals surface area contributed by atoms with E-state index in [4.69, 9.17) is 5.73 Å². The fraction of sp³-hybridized carbons (Fsp3) is 0.692. The molecule has 5 heteroatoms. The number of likely N-dealkylation sites (tertiary alicyclic amines) is 1. The molecule has 18 heavy (non-hydrogen) atoms. The number of hydrogen-bond donors (Lipinski definition) is 1. The van der Waals surface area contributed by atoms with Crippen LogP contribution in [-0.2, 0) is 7.05 Å². The van der Waals surface area contributed by atoms with Crippen molar-refractivity contribution in [3.63, 3.8) is 0 Å². The second kappa shape index (κ2) is 5.10. The van der Waals surface area contributed by atoms with E-state index in [1.54, 1.807) is 10.9 Å². The SMILES string of the molecule is Cc1c(C(=O)N2CCC(C(C)N)CC2)cnn1C. The molecule has 1 atom stereocenters. The Morgan fingerprint density at radius 2 is 2.11 bits per heavy atom. The van der Waals surface area contributed by atoms with Crippen LogP contribution >= 0.6 is 0 Å². The molecule has 0 aliphatic carbocycles. The number of piperidine rings is 1. The summed E-state index contributed by atoms with van der Waals surface area (Å²) in [7, 11) is 1.86. The number of aromatic nitrogens is 2. The highest BCUT2D eigenvalue weighted by atomic mass is 16.2. The standard InChI is InChI=1S/C13H22N4O/c1-9(14)11-4-6-17(7-5-11)13(18)12-8-15-16(3)10(12)2/h8-9,11H,4-7,14H2,1-3H3. The van der Waals surface area contributed by atoms with Crippen LogP contribution in [-0.4, -0.2) is 39.7 Å². The Kier molecular flexibility index (Phi) is 3.71. The van der Waals surface area contributed by atoms with Crippen molar-refractivity contribution >= 4 is 5.91 Å². The van der Waals surface area contributed by atoms with E-state index in [-0.39, 0.29) is 11.9 Å². The zero-order valence-electron chi connectivity index (χ0n) is 11.4. The van der Waals surface area contributed by atoms with Gasteiger partial charge in [0.1, 0.15) is 0 Å². The highest BCUT2D eigenvalue weighted by Crippen LogP contribution is 2.21. The van der Waals surface area contributed by atoms with E-state index in [1.807, 2.05) is 25.8 Å². The molecule has 1 aliphatic rings. The van der Waals surface area contributed by atoms with Crippen LogP contribution in [0.3, 0.4) is 0 Å². The predicted molar refractivity (Wildman–Crippen MR) is 70.2 cm³/mol. The zero-order chi connectivity index (χ0) is 13.3. The van der Waals surface area contributed by atoms with E-state index >= 15 is 0 Å². The lowest BCUT2D eigenvalue weighted by Gasteiger charge is -2.33. The maximum Gasteiger partial charge on any atom is 0.257 e. The van der Waals surface area contributed by atoms with Crippen molar-refractivity contribution in [2.24, 2.45) is 18.7 Å². The van der Waals surface area contributed by atoms with E-state index in [0.717, 1.165) is 37.2 Å². The summed E-state index contributed by atoms with van der Waals surface area (Å²) in [4.78, 5) is 14.3. The average molecular weight is 250 g/mol. The summed E-state index contributed by atoms with van der Waals surface area (Å²) >= 11 is 0. The van der Waals surface area contributed by atoms with Gasteiger partial charge in [0.25, 0.3) is 5.91 Å². The summed E-state index contributed by atoms with van der Waals surface area (Å²) in [5.74, 6) is 0.646. The number of rotatable bonds is 2. The molecule has 100 valence electrons. The second-order valence-electron chi connectivity index (χ2n) is 5.26. The van der Waals surface area contributed by atoms with Crippen LogP contribution in [0, 0.1) is 12.8 Å². The first kappa shape index (κ1) is 13.1. The predicted octanol–water partition coefficient (Wildman–Crippen LogP) is 0.928. The van der Waals surface area contributed by atoms with Gasteiger partial charge in [-0.05, 0) is 32.6 Å². The van der Waals surface area contributed by atoms with Crippen LogP contribution in [0.4, 0.5) is 0 Å². The molecule has 0 bridgehead atoms. The van der Waals surface area contributed by atoms with Crippen LogP contribution in [0.5, 0.6) is 0 Å². The molecule has 0 radical (unpaired) electrons. The lowest BCUT2D eigenvalue weighted by atomic mass is 9.91. The minimum atomic E-state index is 0.101. The van der Waals surface area contributed by atoms with Crippen LogP contribution in [0.2, 0.25) is 0 Å². The highest BCUT2D eigenvalue weighted by molar-refractivity contribution is 5.95. The average Bonchev–Trinajstić information content (AvgIpc) is 2.69. The lowest BCUT2D eigenvalue weighted by Crippen LogP contribution is -2.42. The number of carbonyl (C=O) groups excluding carboxylic acids is 1. The number of carbonyl (C=O) groups is 1. The van der Waals surface area contributed by atoms with E-state index in [1.165, 1.54) is 0 Å². The highest BCUT2D eigenvalue weighted by Gasteiger charge is 2.26. The molecule has 1 aromatic rings. The molecule has 1 amide bonds. The van der Waals surface area contributed by atoms with Gasteiger partial charge in [-0.15, -0.1) is 0 Å². The molecule has 2 N–H and O–H groups in total. The van der Waals surface area contributed by atoms with Gasteiger partial charge in [0.15, 0.2) is 0 Å². The third-order valence-corrected chi connectivity index (χ3v) is 4.04. The summed E-state index contributed by atoms with van der Waals surface area (Å²) in [5.41, 5.74) is 7.55. The molecule has 2 rings (SSSR count). The van der Waals surface area contributed by atoms with Crippen molar-refractivity contribution in [1.29, 1.82) is 0 Å². The third kappa shape index (κ3) is 2.41. The Morgan fingerprint density at radius 1 is 1.50 bits per heavy atom. The molecule has 0 aromatic carbocycles. The fourth-order valence-corrected chi connectivity index (χ4v) is 2.51. The molecule has 2 heterocycles. The van der Waals surface area contributed by atoms with Gasteiger partial charge in [0.05, 0.1) is 11.8 Å². The van der Waals surface area contributed by atoms with Crippen molar-refractivity contribution < 1.29 is 4.79 Å². The summed E-state index contributed by atoms with van der Waals surface area (Å²) in [6.45, 7) is 5.58. The molecular weight excluding hydrogens is 228 g/mol. The fourth-order valence-electron chi connectivity index (χ4n) is 2.51. The van der Waals surface area contributed by atoms with Crippen LogP contribution in [0.25, 0.3) is 0 Å². The monoisotopic (exact) mass is 250 g/mol. The van der Waals surface area contributed by atoms with Crippen molar-refractivity contribution in [1.82, 2.24) is 14.7 Å². The molecule has 5 nitrogen and oxygen atoms in total. The molecule has 1 unspecified atom stereocenters. The Hall–Kier alpha value is -1.36. The lowest BCUT2D eigenvalue weighted by molar-refractivity contribution is 0.0680. The largest absolute Gasteiger partial charge is 0.339 e. The van der Waals surface area contributed by atoms with Crippen molar-refractivity contribution in [3.05, 3.63) is 17.5 Å². The minimum absolute atomic E-state index is 0.101. The van der Waals surface area contributed by atoms with E-state index in [0.29, 0.717) is 5.92 Å². The van der Waals surface area contributed by atoms with Crippen LogP contribution in [0.15, 0.2) is 6.20 Å². The molecule has 1 saturated heterocycles. The quantitative estimate of drug-likeness (QED) is 0.849. The number of amides is 1. The first-order valence-corrected chi connectivity index (χ1v) is 6.54.